The molecule has 30 heavy (non-hydrogen) atoms. The first-order chi connectivity index (χ1) is 14.3. The van der Waals surface area contributed by atoms with Gasteiger partial charge in [-0.25, -0.2) is 0 Å². The predicted molar refractivity (Wildman–Crippen MR) is 126 cm³/mol. The minimum absolute atomic E-state index is 0.0621. The molecule has 0 spiro atoms. The maximum atomic E-state index is 13.3. The lowest BCUT2D eigenvalue weighted by Crippen LogP contribution is -2.41. The van der Waals surface area contributed by atoms with Crippen LogP contribution in [0.25, 0.3) is 0 Å². The van der Waals surface area contributed by atoms with Crippen LogP contribution in [0.15, 0.2) is 18.2 Å². The molecule has 1 aliphatic carbocycles. The summed E-state index contributed by atoms with van der Waals surface area (Å²) in [5.74, 6) is 0.560. The number of nitrogens with zero attached hydrogens (tertiary/aromatic N) is 2. The third-order valence-electron chi connectivity index (χ3n) is 6.64. The van der Waals surface area contributed by atoms with Gasteiger partial charge in [-0.3, -0.25) is 9.59 Å². The van der Waals surface area contributed by atoms with Gasteiger partial charge in [0.15, 0.2) is 0 Å². The Labute approximate surface area is 183 Å². The van der Waals surface area contributed by atoms with Crippen molar-refractivity contribution in [1.82, 2.24) is 4.90 Å². The standard InChI is InChI=1S/C25H41N3O2/c1-7-18(4)28(25(30)19(8-2)9-3)17-21-16-22(14-15-23(21)27(5)6)26-24(29)20-12-10-11-13-20/h14-16,18-20H,7-13,17H2,1-6H3,(H,26,29). The van der Waals surface area contributed by atoms with Crippen LogP contribution in [-0.2, 0) is 16.1 Å². The minimum atomic E-state index is 0.0621. The highest BCUT2D eigenvalue weighted by atomic mass is 16.2. The molecule has 1 aliphatic rings. The van der Waals surface area contributed by atoms with Gasteiger partial charge in [-0.05, 0) is 62.8 Å². The summed E-state index contributed by atoms with van der Waals surface area (Å²) in [6.07, 6.45) is 6.90. The smallest absolute Gasteiger partial charge is 0.227 e. The lowest BCUT2D eigenvalue weighted by Gasteiger charge is -2.33. The first kappa shape index (κ1) is 24.2. The monoisotopic (exact) mass is 415 g/mol. The van der Waals surface area contributed by atoms with Gasteiger partial charge in [0.2, 0.25) is 11.8 Å². The van der Waals surface area contributed by atoms with Crippen LogP contribution in [0.5, 0.6) is 0 Å². The first-order valence-corrected chi connectivity index (χ1v) is 11.7. The van der Waals surface area contributed by atoms with Gasteiger partial charge in [0.05, 0.1) is 0 Å². The molecule has 0 radical (unpaired) electrons. The van der Waals surface area contributed by atoms with Crippen LogP contribution < -0.4 is 10.2 Å². The number of rotatable bonds is 10. The molecule has 0 bridgehead atoms. The van der Waals surface area contributed by atoms with Crippen molar-refractivity contribution in [2.45, 2.75) is 85.2 Å². The number of anilines is 2. The maximum Gasteiger partial charge on any atom is 0.227 e. The van der Waals surface area contributed by atoms with E-state index in [1.807, 2.05) is 25.1 Å². The van der Waals surface area contributed by atoms with Crippen LogP contribution in [0.1, 0.15) is 78.2 Å². The molecule has 0 aliphatic heterocycles. The number of hydrogen-bond acceptors (Lipinski definition) is 3. The molecule has 1 N–H and O–H groups in total. The normalized spacial score (nSPS) is 15.3. The SMILES string of the molecule is CCC(CC)C(=O)N(Cc1cc(NC(=O)C2CCCC2)ccc1N(C)C)C(C)CC. The fraction of sp³-hybridized carbons (Fsp3) is 0.680. The van der Waals surface area contributed by atoms with Crippen LogP contribution >= 0.6 is 0 Å². The number of amides is 2. The van der Waals surface area contributed by atoms with Gasteiger partial charge < -0.3 is 15.1 Å². The predicted octanol–water partition coefficient (Wildman–Crippen LogP) is 5.44. The lowest BCUT2D eigenvalue weighted by molar-refractivity contribution is -0.138. The van der Waals surface area contributed by atoms with Crippen LogP contribution in [0.2, 0.25) is 0 Å². The highest BCUT2D eigenvalue weighted by Gasteiger charge is 2.27. The Morgan fingerprint density at radius 1 is 1.07 bits per heavy atom. The lowest BCUT2D eigenvalue weighted by atomic mass is 9.99. The molecule has 0 heterocycles. The number of carbonyl (C=O) groups excluding carboxylic acids is 2. The van der Waals surface area contributed by atoms with Crippen molar-refractivity contribution in [1.29, 1.82) is 0 Å². The molecular weight excluding hydrogens is 374 g/mol. The Balaban J connectivity index is 2.30. The summed E-state index contributed by atoms with van der Waals surface area (Å²) in [4.78, 5) is 30.0. The van der Waals surface area contributed by atoms with Crippen molar-refractivity contribution in [2.24, 2.45) is 11.8 Å². The number of carbonyl (C=O) groups is 2. The third-order valence-corrected chi connectivity index (χ3v) is 6.64. The highest BCUT2D eigenvalue weighted by molar-refractivity contribution is 5.93. The van der Waals surface area contributed by atoms with Crippen molar-refractivity contribution in [2.75, 3.05) is 24.3 Å². The van der Waals surface area contributed by atoms with Crippen molar-refractivity contribution in [3.05, 3.63) is 23.8 Å². The Hall–Kier alpha value is -2.04. The molecule has 0 saturated heterocycles. The van der Waals surface area contributed by atoms with Crippen molar-refractivity contribution >= 4 is 23.2 Å². The molecule has 1 unspecified atom stereocenters. The maximum absolute atomic E-state index is 13.3. The summed E-state index contributed by atoms with van der Waals surface area (Å²) in [7, 11) is 4.04. The van der Waals surface area contributed by atoms with E-state index in [4.69, 9.17) is 0 Å². The summed E-state index contributed by atoms with van der Waals surface area (Å²) < 4.78 is 0. The summed E-state index contributed by atoms with van der Waals surface area (Å²) in [5, 5.41) is 3.12. The molecule has 168 valence electrons. The number of hydrogen-bond donors (Lipinski definition) is 1. The highest BCUT2D eigenvalue weighted by Crippen LogP contribution is 2.29. The Bertz CT molecular complexity index is 706. The van der Waals surface area contributed by atoms with Gasteiger partial charge in [0, 0.05) is 49.9 Å². The molecule has 1 aromatic rings. The van der Waals surface area contributed by atoms with Crippen LogP contribution in [0.3, 0.4) is 0 Å². The van der Waals surface area contributed by atoms with Crippen molar-refractivity contribution < 1.29 is 9.59 Å². The van der Waals surface area contributed by atoms with Gasteiger partial charge in [0.25, 0.3) is 0 Å². The fourth-order valence-electron chi connectivity index (χ4n) is 4.39. The molecule has 5 heteroatoms. The van der Waals surface area contributed by atoms with E-state index in [0.29, 0.717) is 6.54 Å². The minimum Gasteiger partial charge on any atom is -0.377 e. The topological polar surface area (TPSA) is 52.7 Å². The van der Waals surface area contributed by atoms with Crippen molar-refractivity contribution in [3.8, 4) is 0 Å². The van der Waals surface area contributed by atoms with E-state index in [-0.39, 0.29) is 29.7 Å². The molecule has 1 atom stereocenters. The van der Waals surface area contributed by atoms with E-state index in [1.165, 1.54) is 0 Å². The van der Waals surface area contributed by atoms with Crippen LogP contribution in [0, 0.1) is 11.8 Å². The molecular formula is C25H41N3O2. The Morgan fingerprint density at radius 3 is 2.23 bits per heavy atom. The summed E-state index contributed by atoms with van der Waals surface area (Å²) in [6, 6.07) is 6.25. The molecule has 5 nitrogen and oxygen atoms in total. The fourth-order valence-corrected chi connectivity index (χ4v) is 4.39. The molecule has 0 aromatic heterocycles. The van der Waals surface area contributed by atoms with Gasteiger partial charge in [-0.2, -0.15) is 0 Å². The second-order valence-corrected chi connectivity index (χ2v) is 8.95. The van der Waals surface area contributed by atoms with Gasteiger partial charge in [0.1, 0.15) is 0 Å². The van der Waals surface area contributed by atoms with Crippen LogP contribution in [-0.4, -0.2) is 36.9 Å². The zero-order valence-corrected chi connectivity index (χ0v) is 19.8. The summed E-state index contributed by atoms with van der Waals surface area (Å²) >= 11 is 0. The summed E-state index contributed by atoms with van der Waals surface area (Å²) in [6.45, 7) is 8.99. The van der Waals surface area contributed by atoms with E-state index in [0.717, 1.165) is 61.9 Å². The van der Waals surface area contributed by atoms with Crippen LogP contribution in [0.4, 0.5) is 11.4 Å². The quantitative estimate of drug-likeness (QED) is 0.553. The van der Waals surface area contributed by atoms with Gasteiger partial charge >= 0.3 is 0 Å². The average molecular weight is 416 g/mol. The van der Waals surface area contributed by atoms with E-state index in [1.54, 1.807) is 0 Å². The Morgan fingerprint density at radius 2 is 1.70 bits per heavy atom. The van der Waals surface area contributed by atoms with Gasteiger partial charge in [-0.15, -0.1) is 0 Å². The third kappa shape index (κ3) is 5.99. The molecule has 2 amide bonds. The summed E-state index contributed by atoms with van der Waals surface area (Å²) in [5.41, 5.74) is 2.98. The molecule has 2 rings (SSSR count). The van der Waals surface area contributed by atoms with E-state index >= 15 is 0 Å². The molecule has 1 saturated carbocycles. The molecule has 1 aromatic carbocycles. The van der Waals surface area contributed by atoms with E-state index in [2.05, 4.69) is 50.0 Å². The molecule has 1 fully saturated rings. The first-order valence-electron chi connectivity index (χ1n) is 11.7. The second-order valence-electron chi connectivity index (χ2n) is 8.95. The van der Waals surface area contributed by atoms with E-state index < -0.39 is 0 Å². The number of benzene rings is 1. The number of nitrogens with one attached hydrogen (secondary N) is 1. The van der Waals surface area contributed by atoms with Crippen molar-refractivity contribution in [3.63, 3.8) is 0 Å². The zero-order chi connectivity index (χ0) is 22.3. The van der Waals surface area contributed by atoms with Gasteiger partial charge in [-0.1, -0.05) is 33.6 Å². The Kier molecular flexibility index (Phi) is 9.19. The van der Waals surface area contributed by atoms with E-state index in [9.17, 15) is 9.59 Å². The average Bonchev–Trinajstić information content (AvgIpc) is 3.27. The largest absolute Gasteiger partial charge is 0.377 e. The zero-order valence-electron chi connectivity index (χ0n) is 19.8. The second kappa shape index (κ2) is 11.4.